The molecule has 0 fully saturated rings. The Balaban J connectivity index is 0.000000721. The smallest absolute Gasteiger partial charge is 1.00 e. The maximum absolute atomic E-state index is 12.4. The zero-order valence-electron chi connectivity index (χ0n) is 20.2. The normalized spacial score (nSPS) is 9.32. The fourth-order valence-electron chi connectivity index (χ4n) is 3.63. The molecule has 0 saturated heterocycles. The summed E-state index contributed by atoms with van der Waals surface area (Å²) in [4.78, 5) is 12.4. The Hall–Kier alpha value is -2.23. The maximum atomic E-state index is 12.4. The first-order valence-electron chi connectivity index (χ1n) is 10.6. The van der Waals surface area contributed by atoms with Crippen molar-refractivity contribution in [2.75, 3.05) is 0 Å². The molecule has 0 heterocycles. The zero-order chi connectivity index (χ0) is 22.4. The van der Waals surface area contributed by atoms with Gasteiger partial charge >= 0.3 is 21.7 Å². The van der Waals surface area contributed by atoms with Crippen LogP contribution in [0, 0.1) is 34.6 Å². The minimum Gasteiger partial charge on any atom is -1.00 e. The van der Waals surface area contributed by atoms with E-state index in [1.165, 1.54) is 27.8 Å². The molecule has 4 aromatic carbocycles. The molecule has 0 aliphatic rings. The van der Waals surface area contributed by atoms with Crippen LogP contribution in [0.1, 0.15) is 38.2 Å². The number of rotatable bonds is 3. The average Bonchev–Trinajstić information content (AvgIpc) is 2.98. The molecule has 0 aliphatic carbocycles. The van der Waals surface area contributed by atoms with Gasteiger partial charge in [0, 0.05) is 5.56 Å². The molecule has 0 saturated carbocycles. The van der Waals surface area contributed by atoms with Gasteiger partial charge in [-0.15, -0.1) is 5.69 Å². The molecule has 34 heavy (non-hydrogen) atoms. The van der Waals surface area contributed by atoms with Crippen LogP contribution in [-0.4, -0.2) is 5.91 Å². The van der Waals surface area contributed by atoms with Crippen molar-refractivity contribution >= 4 is 11.6 Å². The third-order valence-corrected chi connectivity index (χ3v) is 6.04. The van der Waals surface area contributed by atoms with Crippen LogP contribution in [0.2, 0.25) is 0 Å². The van der Waals surface area contributed by atoms with Crippen LogP contribution in [0.3, 0.4) is 0 Å². The number of amides is 1. The van der Waals surface area contributed by atoms with Gasteiger partial charge in [0.25, 0.3) is 0 Å². The van der Waals surface area contributed by atoms with Gasteiger partial charge in [-0.25, -0.2) is 0 Å². The number of para-hydroxylation sites is 1. The van der Waals surface area contributed by atoms with Gasteiger partial charge in [-0.2, -0.15) is 27.8 Å². The topological polar surface area (TPSA) is 31.2 Å². The summed E-state index contributed by atoms with van der Waals surface area (Å²) >= 11 is 0. The molecule has 0 atom stereocenters. The van der Waals surface area contributed by atoms with Crippen molar-refractivity contribution in [1.82, 2.24) is 0 Å². The Morgan fingerprint density at radius 1 is 0.676 bits per heavy atom. The van der Waals surface area contributed by atoms with E-state index in [-0.39, 0.29) is 52.4 Å². The minimum absolute atomic E-state index is 0. The summed E-state index contributed by atoms with van der Waals surface area (Å²) < 4.78 is 0. The van der Waals surface area contributed by atoms with Gasteiger partial charge in [0.2, 0.25) is 0 Å². The van der Waals surface area contributed by atoms with Crippen LogP contribution in [0.5, 0.6) is 0 Å². The van der Waals surface area contributed by atoms with E-state index in [0.29, 0.717) is 11.3 Å². The Bertz CT molecular complexity index is 1090. The second-order valence-electron chi connectivity index (χ2n) is 7.79. The van der Waals surface area contributed by atoms with Crippen molar-refractivity contribution < 1.29 is 51.3 Å². The molecule has 2 nitrogen and oxygen atoms in total. The number of carbonyl (C=O) groups excluding carboxylic acids is 1. The monoisotopic (exact) mass is 525 g/mol. The molecule has 0 aromatic heterocycles. The van der Waals surface area contributed by atoms with Crippen LogP contribution in [0.25, 0.3) is 16.4 Å². The summed E-state index contributed by atoms with van der Waals surface area (Å²) in [6.45, 7) is 11.0. The maximum Gasteiger partial charge on any atom is 4.00 e. The van der Waals surface area contributed by atoms with Crippen molar-refractivity contribution in [3.8, 4) is 11.1 Å². The second-order valence-corrected chi connectivity index (χ2v) is 7.79. The van der Waals surface area contributed by atoms with Crippen molar-refractivity contribution in [2.24, 2.45) is 0 Å². The summed E-state index contributed by atoms with van der Waals surface area (Å²) in [5.74, 6) is -0.222. The Kier molecular flexibility index (Phi) is 13.9. The van der Waals surface area contributed by atoms with E-state index in [0.717, 1.165) is 11.1 Å². The van der Waals surface area contributed by atoms with E-state index >= 15 is 0 Å². The van der Waals surface area contributed by atoms with Crippen LogP contribution < -0.4 is 24.8 Å². The van der Waals surface area contributed by atoms with E-state index in [1.54, 1.807) is 0 Å². The van der Waals surface area contributed by atoms with Gasteiger partial charge in [-0.3, -0.25) is 0 Å². The number of carbonyl (C=O) groups is 1. The number of hydrogen-bond donors (Lipinski definition) is 0. The summed E-state index contributed by atoms with van der Waals surface area (Å²) in [5, 5.41) is 4.18. The third-order valence-electron chi connectivity index (χ3n) is 6.04. The Morgan fingerprint density at radius 2 is 1.12 bits per heavy atom. The van der Waals surface area contributed by atoms with Crippen molar-refractivity contribution in [1.29, 1.82) is 0 Å². The molecule has 5 heteroatoms. The molecule has 1 amide bonds. The molecule has 0 spiro atoms. The van der Waals surface area contributed by atoms with E-state index in [9.17, 15) is 4.79 Å². The average molecular weight is 526 g/mol. The Labute approximate surface area is 231 Å². The SMILES string of the molecule is Cc1c(C)c(C)[c-](C)c1C.O=C([N-]c1ccccc1)c1ccccc1-c1ccccc1.[Cl-].[Cl-].[Ti+4]. The molecule has 4 rings (SSSR count). The van der Waals surface area contributed by atoms with Crippen LogP contribution in [-0.2, 0) is 21.7 Å². The van der Waals surface area contributed by atoms with Crippen molar-refractivity contribution in [3.63, 3.8) is 0 Å². The quantitative estimate of drug-likeness (QED) is 0.298. The van der Waals surface area contributed by atoms with Crippen molar-refractivity contribution in [3.05, 3.63) is 124 Å². The molecular weight excluding hydrogens is 497 g/mol. The third kappa shape index (κ3) is 7.65. The van der Waals surface area contributed by atoms with Gasteiger partial charge in [0.15, 0.2) is 0 Å². The van der Waals surface area contributed by atoms with Crippen molar-refractivity contribution in [2.45, 2.75) is 34.6 Å². The van der Waals surface area contributed by atoms with Gasteiger partial charge in [0.1, 0.15) is 0 Å². The van der Waals surface area contributed by atoms with Crippen LogP contribution in [0.15, 0.2) is 84.9 Å². The van der Waals surface area contributed by atoms with E-state index in [2.05, 4.69) is 39.9 Å². The van der Waals surface area contributed by atoms with Gasteiger partial charge in [-0.1, -0.05) is 120 Å². The molecule has 0 bridgehead atoms. The largest absolute Gasteiger partial charge is 4.00 e. The van der Waals surface area contributed by atoms with Gasteiger partial charge in [0.05, 0.1) is 5.91 Å². The predicted molar refractivity (Wildman–Crippen MR) is 131 cm³/mol. The summed E-state index contributed by atoms with van der Waals surface area (Å²) in [6.07, 6.45) is 0. The number of hydrogen-bond acceptors (Lipinski definition) is 1. The minimum atomic E-state index is -0.222. The molecule has 0 unspecified atom stereocenters. The summed E-state index contributed by atoms with van der Waals surface area (Å²) in [6, 6.07) is 26.7. The van der Waals surface area contributed by atoms with E-state index in [1.807, 2.05) is 84.9 Å². The first-order chi connectivity index (χ1) is 14.9. The first kappa shape index (κ1) is 31.8. The molecular formula is C29H29Cl2NOTi. The van der Waals surface area contributed by atoms with E-state index < -0.39 is 0 Å². The first-order valence-corrected chi connectivity index (χ1v) is 10.6. The van der Waals surface area contributed by atoms with Gasteiger partial charge < -0.3 is 34.9 Å². The number of halogens is 2. The summed E-state index contributed by atoms with van der Waals surface area (Å²) in [5.41, 5.74) is 10.6. The van der Waals surface area contributed by atoms with E-state index in [4.69, 9.17) is 0 Å². The fourth-order valence-corrected chi connectivity index (χ4v) is 3.63. The zero-order valence-corrected chi connectivity index (χ0v) is 23.3. The molecule has 174 valence electrons. The standard InChI is InChI=1S/C19H15NO.C10H15.2ClH.Ti/c21-19(20-16-11-5-2-6-12-16)18-14-8-7-13-17(18)15-9-3-1-4-10-15;1-6-7(2)9(4)10(5)8(6)3;;;/h1-14H,(H,20,21);1-5H3;2*1H;/q;-1;;;+4/p-3. The second kappa shape index (κ2) is 14.9. The Morgan fingerprint density at radius 3 is 1.59 bits per heavy atom. The summed E-state index contributed by atoms with van der Waals surface area (Å²) in [7, 11) is 0. The van der Waals surface area contributed by atoms with Crippen LogP contribution in [0.4, 0.5) is 5.69 Å². The number of benzene rings is 3. The fraction of sp³-hybridized carbons (Fsp3) is 0.172. The molecule has 0 radical (unpaired) electrons. The van der Waals surface area contributed by atoms with Gasteiger partial charge in [-0.05, 0) is 11.1 Å². The molecule has 4 aromatic rings. The predicted octanol–water partition coefficient (Wildman–Crippen LogP) is 2.15. The van der Waals surface area contributed by atoms with Crippen LogP contribution >= 0.6 is 0 Å². The number of nitrogens with zero attached hydrogens (tertiary/aromatic N) is 1. The molecule has 0 N–H and O–H groups in total. The molecule has 0 aliphatic heterocycles.